The van der Waals surface area contributed by atoms with Crippen molar-refractivity contribution in [2.24, 2.45) is 0 Å². The Morgan fingerprint density at radius 1 is 1.59 bits per heavy atom. The van der Waals surface area contributed by atoms with E-state index in [9.17, 15) is 9.59 Å². The summed E-state index contributed by atoms with van der Waals surface area (Å²) in [5.41, 5.74) is -1.34. The number of carbonyl (C=O) groups is 2. The number of rotatable bonds is 2. The van der Waals surface area contributed by atoms with Crippen LogP contribution in [0.1, 0.15) is 41.0 Å². The monoisotopic (exact) mass is 243 g/mol. The molecule has 98 valence electrons. The minimum atomic E-state index is -0.756. The van der Waals surface area contributed by atoms with E-state index in [0.717, 1.165) is 6.29 Å². The van der Waals surface area contributed by atoms with Gasteiger partial charge < -0.3 is 14.3 Å². The molecule has 0 aromatic carbocycles. The van der Waals surface area contributed by atoms with Crippen LogP contribution in [0.2, 0.25) is 0 Å². The van der Waals surface area contributed by atoms with Gasteiger partial charge in [-0.25, -0.2) is 4.79 Å². The quantitative estimate of drug-likeness (QED) is 0.695. The van der Waals surface area contributed by atoms with E-state index >= 15 is 0 Å². The van der Waals surface area contributed by atoms with Crippen molar-refractivity contribution in [2.45, 2.75) is 58.4 Å². The second-order valence-corrected chi connectivity index (χ2v) is 5.39. The van der Waals surface area contributed by atoms with Crippen LogP contribution in [0.25, 0.3) is 0 Å². The van der Waals surface area contributed by atoms with E-state index in [1.54, 1.807) is 27.7 Å². The summed E-state index contributed by atoms with van der Waals surface area (Å²) < 4.78 is 10.8. The van der Waals surface area contributed by atoms with Gasteiger partial charge in [-0.3, -0.25) is 4.90 Å². The number of amides is 1. The average molecular weight is 243 g/mol. The first-order valence-electron chi connectivity index (χ1n) is 5.85. The van der Waals surface area contributed by atoms with Crippen molar-refractivity contribution in [3.63, 3.8) is 0 Å². The third kappa shape index (κ3) is 2.97. The highest BCUT2D eigenvalue weighted by Crippen LogP contribution is 2.31. The van der Waals surface area contributed by atoms with Gasteiger partial charge in [-0.15, -0.1) is 0 Å². The topological polar surface area (TPSA) is 55.8 Å². The van der Waals surface area contributed by atoms with Crippen molar-refractivity contribution in [1.29, 1.82) is 0 Å². The Balaban J connectivity index is 2.90. The van der Waals surface area contributed by atoms with Crippen molar-refractivity contribution in [3.05, 3.63) is 0 Å². The molecule has 2 atom stereocenters. The minimum absolute atomic E-state index is 0.229. The van der Waals surface area contributed by atoms with Crippen LogP contribution in [0.15, 0.2) is 0 Å². The average Bonchev–Trinajstić information content (AvgIpc) is 2.54. The minimum Gasteiger partial charge on any atom is -0.444 e. The molecule has 1 rings (SSSR count). The Bertz CT molecular complexity index is 310. The molecule has 0 bridgehead atoms. The van der Waals surface area contributed by atoms with E-state index in [1.165, 1.54) is 4.90 Å². The van der Waals surface area contributed by atoms with Crippen molar-refractivity contribution < 1.29 is 19.1 Å². The predicted octanol–water partition coefficient (Wildman–Crippen LogP) is 1.95. The summed E-state index contributed by atoms with van der Waals surface area (Å²) in [7, 11) is 0. The van der Waals surface area contributed by atoms with Gasteiger partial charge in [0.25, 0.3) is 0 Å². The molecule has 1 fully saturated rings. The van der Waals surface area contributed by atoms with Crippen LogP contribution in [0.4, 0.5) is 4.79 Å². The van der Waals surface area contributed by atoms with E-state index < -0.39 is 23.5 Å². The van der Waals surface area contributed by atoms with Crippen LogP contribution in [0, 0.1) is 0 Å². The maximum absolute atomic E-state index is 12.1. The first-order chi connectivity index (χ1) is 7.73. The van der Waals surface area contributed by atoms with E-state index in [1.807, 2.05) is 6.92 Å². The second kappa shape index (κ2) is 4.64. The summed E-state index contributed by atoms with van der Waals surface area (Å²) in [5, 5.41) is 0. The van der Waals surface area contributed by atoms with Crippen molar-refractivity contribution in [1.82, 2.24) is 4.90 Å². The highest BCUT2D eigenvalue weighted by molar-refractivity contribution is 5.75. The van der Waals surface area contributed by atoms with Crippen molar-refractivity contribution >= 4 is 12.4 Å². The zero-order chi connectivity index (χ0) is 13.3. The molecule has 1 saturated heterocycles. The number of hydrogen-bond donors (Lipinski definition) is 0. The third-order valence-corrected chi connectivity index (χ3v) is 2.81. The van der Waals surface area contributed by atoms with Gasteiger partial charge in [0.2, 0.25) is 0 Å². The predicted molar refractivity (Wildman–Crippen MR) is 62.6 cm³/mol. The Morgan fingerprint density at radius 2 is 2.18 bits per heavy atom. The molecule has 0 aromatic rings. The normalized spacial score (nSPS) is 29.2. The van der Waals surface area contributed by atoms with Gasteiger partial charge in [-0.2, -0.15) is 0 Å². The highest BCUT2D eigenvalue weighted by atomic mass is 16.6. The van der Waals surface area contributed by atoms with E-state index in [0.29, 0.717) is 6.42 Å². The fourth-order valence-corrected chi connectivity index (χ4v) is 1.77. The Labute approximate surface area is 102 Å². The number of aldehydes is 1. The number of ether oxygens (including phenoxy) is 2. The molecule has 1 aliphatic heterocycles. The fourth-order valence-electron chi connectivity index (χ4n) is 1.77. The zero-order valence-corrected chi connectivity index (χ0v) is 11.1. The SMILES string of the molecule is CCC1(C)OCC(C=O)N1C(=O)OC(C)(C)C. The Kier molecular flexibility index (Phi) is 3.81. The van der Waals surface area contributed by atoms with Crippen LogP contribution < -0.4 is 0 Å². The molecule has 0 aliphatic carbocycles. The molecule has 0 radical (unpaired) electrons. The van der Waals surface area contributed by atoms with Crippen LogP contribution in [0.3, 0.4) is 0 Å². The van der Waals surface area contributed by atoms with Crippen LogP contribution in [-0.2, 0) is 14.3 Å². The molecule has 2 unspecified atom stereocenters. The summed E-state index contributed by atoms with van der Waals surface area (Å²) in [5.74, 6) is 0. The molecule has 1 amide bonds. The molecule has 5 heteroatoms. The summed E-state index contributed by atoms with van der Waals surface area (Å²) >= 11 is 0. The lowest BCUT2D eigenvalue weighted by molar-refractivity contribution is -0.113. The number of nitrogens with zero attached hydrogens (tertiary/aromatic N) is 1. The molecule has 0 saturated carbocycles. The molecular weight excluding hydrogens is 222 g/mol. The first-order valence-corrected chi connectivity index (χ1v) is 5.85. The van der Waals surface area contributed by atoms with Crippen molar-refractivity contribution in [2.75, 3.05) is 6.61 Å². The van der Waals surface area contributed by atoms with Crippen LogP contribution in [0.5, 0.6) is 0 Å². The van der Waals surface area contributed by atoms with Crippen molar-refractivity contribution in [3.8, 4) is 0 Å². The van der Waals surface area contributed by atoms with Gasteiger partial charge in [0.05, 0.1) is 6.61 Å². The fraction of sp³-hybridized carbons (Fsp3) is 0.833. The molecular formula is C12H21NO4. The van der Waals surface area contributed by atoms with Crippen LogP contribution in [-0.4, -0.2) is 41.3 Å². The molecule has 0 spiro atoms. The van der Waals surface area contributed by atoms with Crippen LogP contribution >= 0.6 is 0 Å². The lowest BCUT2D eigenvalue weighted by atomic mass is 10.1. The van der Waals surface area contributed by atoms with Gasteiger partial charge in [-0.05, 0) is 34.1 Å². The molecule has 1 heterocycles. The maximum atomic E-state index is 12.1. The summed E-state index contributed by atoms with van der Waals surface area (Å²) in [6.07, 6.45) is 0.831. The van der Waals surface area contributed by atoms with E-state index in [4.69, 9.17) is 9.47 Å². The molecule has 17 heavy (non-hydrogen) atoms. The van der Waals surface area contributed by atoms with E-state index in [2.05, 4.69) is 0 Å². The van der Waals surface area contributed by atoms with Gasteiger partial charge in [-0.1, -0.05) is 6.92 Å². The van der Waals surface area contributed by atoms with Gasteiger partial charge in [0.1, 0.15) is 23.7 Å². The third-order valence-electron chi connectivity index (χ3n) is 2.81. The standard InChI is InChI=1S/C12H21NO4/c1-6-12(5)13(9(7-14)8-16-12)10(15)17-11(2,3)4/h7,9H,6,8H2,1-5H3. The Morgan fingerprint density at radius 3 is 2.59 bits per heavy atom. The lowest BCUT2D eigenvalue weighted by Gasteiger charge is -2.35. The maximum Gasteiger partial charge on any atom is 0.413 e. The molecule has 5 nitrogen and oxygen atoms in total. The highest BCUT2D eigenvalue weighted by Gasteiger charge is 2.47. The first kappa shape index (κ1) is 14.0. The summed E-state index contributed by atoms with van der Waals surface area (Å²) in [6.45, 7) is 9.31. The largest absolute Gasteiger partial charge is 0.444 e. The van der Waals surface area contributed by atoms with Gasteiger partial charge >= 0.3 is 6.09 Å². The molecule has 1 aliphatic rings. The smallest absolute Gasteiger partial charge is 0.413 e. The number of hydrogen-bond acceptors (Lipinski definition) is 4. The Hall–Kier alpha value is -1.10. The lowest BCUT2D eigenvalue weighted by Crippen LogP contribution is -2.51. The number of carbonyl (C=O) groups excluding carboxylic acids is 2. The van der Waals surface area contributed by atoms with E-state index in [-0.39, 0.29) is 6.61 Å². The zero-order valence-electron chi connectivity index (χ0n) is 11.1. The second-order valence-electron chi connectivity index (χ2n) is 5.39. The summed E-state index contributed by atoms with van der Waals surface area (Å²) in [6, 6.07) is -0.560. The molecule has 0 N–H and O–H groups in total. The summed E-state index contributed by atoms with van der Waals surface area (Å²) in [4.78, 5) is 24.4. The molecule has 0 aromatic heterocycles. The van der Waals surface area contributed by atoms with Gasteiger partial charge in [0.15, 0.2) is 0 Å². The van der Waals surface area contributed by atoms with Gasteiger partial charge in [0, 0.05) is 0 Å².